The third kappa shape index (κ3) is 4.78. The summed E-state index contributed by atoms with van der Waals surface area (Å²) in [5, 5.41) is 3.45. The van der Waals surface area contributed by atoms with E-state index < -0.39 is 0 Å². The molecule has 1 N–H and O–H groups in total. The average Bonchev–Trinajstić information content (AvgIpc) is 2.92. The number of nitrogens with one attached hydrogen (secondary N) is 1. The molecule has 1 saturated heterocycles. The molecule has 5 heteroatoms. The van der Waals surface area contributed by atoms with Crippen molar-refractivity contribution < 1.29 is 14.3 Å². The lowest BCUT2D eigenvalue weighted by atomic mass is 10.2. The highest BCUT2D eigenvalue weighted by Crippen LogP contribution is 2.20. The van der Waals surface area contributed by atoms with Gasteiger partial charge in [0, 0.05) is 17.3 Å². The molecular weight excluding hydrogens is 278 g/mol. The molecule has 1 aliphatic heterocycles. The average molecular weight is 298 g/mol. The van der Waals surface area contributed by atoms with Crippen LogP contribution in [0.2, 0.25) is 5.02 Å². The molecule has 2 rings (SSSR count). The van der Waals surface area contributed by atoms with Crippen LogP contribution in [0.15, 0.2) is 18.2 Å². The molecule has 1 aliphatic rings. The van der Waals surface area contributed by atoms with Crippen molar-refractivity contribution in [1.82, 2.24) is 0 Å². The lowest BCUT2D eigenvalue weighted by Gasteiger charge is -2.10. The number of hydrogen-bond donors (Lipinski definition) is 1. The minimum Gasteiger partial charge on any atom is -0.378 e. The molecule has 0 unspecified atom stereocenters. The monoisotopic (exact) mass is 297 g/mol. The van der Waals surface area contributed by atoms with Crippen LogP contribution >= 0.6 is 11.6 Å². The summed E-state index contributed by atoms with van der Waals surface area (Å²) in [6.45, 7) is 3.73. The first-order valence-electron chi connectivity index (χ1n) is 6.90. The van der Waals surface area contributed by atoms with Gasteiger partial charge in [0.25, 0.3) is 0 Å². The lowest BCUT2D eigenvalue weighted by Crippen LogP contribution is -2.18. The fourth-order valence-corrected chi connectivity index (χ4v) is 2.23. The van der Waals surface area contributed by atoms with Crippen LogP contribution in [0.5, 0.6) is 0 Å². The van der Waals surface area contributed by atoms with E-state index in [-0.39, 0.29) is 12.0 Å². The number of anilines is 1. The largest absolute Gasteiger partial charge is 0.378 e. The van der Waals surface area contributed by atoms with E-state index in [2.05, 4.69) is 5.32 Å². The Morgan fingerprint density at radius 3 is 3.10 bits per heavy atom. The lowest BCUT2D eigenvalue weighted by molar-refractivity contribution is -0.117. The van der Waals surface area contributed by atoms with E-state index in [1.54, 1.807) is 6.07 Å². The molecule has 1 heterocycles. The third-order valence-corrected chi connectivity index (χ3v) is 3.66. The summed E-state index contributed by atoms with van der Waals surface area (Å²) in [5.74, 6) is -0.0720. The van der Waals surface area contributed by atoms with E-state index >= 15 is 0 Å². The smallest absolute Gasteiger partial charge is 0.226 e. The molecule has 1 atom stereocenters. The normalized spacial score (nSPS) is 18.2. The summed E-state index contributed by atoms with van der Waals surface area (Å²) in [6, 6.07) is 5.47. The Morgan fingerprint density at radius 2 is 2.40 bits per heavy atom. The summed E-state index contributed by atoms with van der Waals surface area (Å²) < 4.78 is 10.9. The van der Waals surface area contributed by atoms with Crippen molar-refractivity contribution >= 4 is 23.2 Å². The van der Waals surface area contributed by atoms with Crippen molar-refractivity contribution in [1.29, 1.82) is 0 Å². The summed E-state index contributed by atoms with van der Waals surface area (Å²) in [4.78, 5) is 11.7. The number of halogens is 1. The van der Waals surface area contributed by atoms with Gasteiger partial charge in [0.1, 0.15) is 0 Å². The summed E-state index contributed by atoms with van der Waals surface area (Å²) in [7, 11) is 0. The van der Waals surface area contributed by atoms with Crippen molar-refractivity contribution in [3.8, 4) is 0 Å². The van der Waals surface area contributed by atoms with E-state index in [4.69, 9.17) is 21.1 Å². The van der Waals surface area contributed by atoms with Crippen LogP contribution in [0.4, 0.5) is 5.69 Å². The molecule has 1 fully saturated rings. The predicted molar refractivity (Wildman–Crippen MR) is 79.2 cm³/mol. The zero-order chi connectivity index (χ0) is 14.4. The second-order valence-corrected chi connectivity index (χ2v) is 5.38. The summed E-state index contributed by atoms with van der Waals surface area (Å²) in [5.41, 5.74) is 1.70. The Balaban J connectivity index is 1.65. The van der Waals surface area contributed by atoms with Crippen LogP contribution in [0.25, 0.3) is 0 Å². The minimum atomic E-state index is -0.0720. The quantitative estimate of drug-likeness (QED) is 0.821. The van der Waals surface area contributed by atoms with Gasteiger partial charge in [-0.1, -0.05) is 17.7 Å². The zero-order valence-electron chi connectivity index (χ0n) is 11.7. The van der Waals surface area contributed by atoms with Gasteiger partial charge in [-0.2, -0.15) is 0 Å². The highest BCUT2D eigenvalue weighted by Gasteiger charge is 2.15. The molecule has 0 aromatic heterocycles. The van der Waals surface area contributed by atoms with E-state index in [9.17, 15) is 4.79 Å². The predicted octanol–water partition coefficient (Wildman–Crippen LogP) is 3.17. The first kappa shape index (κ1) is 15.3. The van der Waals surface area contributed by atoms with E-state index in [1.807, 2.05) is 19.1 Å². The number of hydrogen-bond acceptors (Lipinski definition) is 3. The Kier molecular flexibility index (Phi) is 5.83. The number of rotatable bonds is 6. The molecule has 0 radical (unpaired) electrons. The van der Waals surface area contributed by atoms with Crippen molar-refractivity contribution in [3.63, 3.8) is 0 Å². The molecule has 0 spiro atoms. The van der Waals surface area contributed by atoms with Crippen LogP contribution in [0.3, 0.4) is 0 Å². The zero-order valence-corrected chi connectivity index (χ0v) is 12.4. The van der Waals surface area contributed by atoms with Gasteiger partial charge in [-0.25, -0.2) is 0 Å². The fourth-order valence-electron chi connectivity index (χ4n) is 2.05. The van der Waals surface area contributed by atoms with Crippen molar-refractivity contribution in [2.45, 2.75) is 32.3 Å². The van der Waals surface area contributed by atoms with Gasteiger partial charge >= 0.3 is 0 Å². The second kappa shape index (κ2) is 7.62. The standard InChI is InChI=1S/C15H20ClNO3/c1-11-4-5-12(9-14(11)16)17-15(18)6-8-19-10-13-3-2-7-20-13/h4-5,9,13H,2-3,6-8,10H2,1H3,(H,17,18)/t13-/m1/s1. The number of ether oxygens (including phenoxy) is 2. The number of amides is 1. The minimum absolute atomic E-state index is 0.0720. The maximum absolute atomic E-state index is 11.7. The Hall–Kier alpha value is -1.10. The van der Waals surface area contributed by atoms with E-state index in [0.29, 0.717) is 30.3 Å². The van der Waals surface area contributed by atoms with Gasteiger partial charge in [-0.3, -0.25) is 4.79 Å². The number of carbonyl (C=O) groups excluding carboxylic acids is 1. The maximum Gasteiger partial charge on any atom is 0.226 e. The van der Waals surface area contributed by atoms with E-state index in [1.165, 1.54) is 0 Å². The van der Waals surface area contributed by atoms with Crippen LogP contribution in [0, 0.1) is 6.92 Å². The topological polar surface area (TPSA) is 47.6 Å². The molecule has 0 aliphatic carbocycles. The molecule has 20 heavy (non-hydrogen) atoms. The molecule has 1 amide bonds. The molecule has 0 saturated carbocycles. The Bertz CT molecular complexity index is 458. The first-order chi connectivity index (χ1) is 9.65. The van der Waals surface area contributed by atoms with Gasteiger partial charge in [0.15, 0.2) is 0 Å². The highest BCUT2D eigenvalue weighted by molar-refractivity contribution is 6.31. The van der Waals surface area contributed by atoms with Gasteiger partial charge in [0.2, 0.25) is 5.91 Å². The Labute approximate surface area is 124 Å². The van der Waals surface area contributed by atoms with Crippen molar-refractivity contribution in [2.75, 3.05) is 25.1 Å². The van der Waals surface area contributed by atoms with Gasteiger partial charge in [-0.15, -0.1) is 0 Å². The van der Waals surface area contributed by atoms with Crippen LogP contribution < -0.4 is 5.32 Å². The first-order valence-corrected chi connectivity index (χ1v) is 7.28. The van der Waals surface area contributed by atoms with Crippen LogP contribution in [-0.2, 0) is 14.3 Å². The summed E-state index contributed by atoms with van der Waals surface area (Å²) >= 11 is 6.01. The molecule has 0 bridgehead atoms. The SMILES string of the molecule is Cc1ccc(NC(=O)CCOC[C@H]2CCCO2)cc1Cl. The number of carbonyl (C=O) groups is 1. The fraction of sp³-hybridized carbons (Fsp3) is 0.533. The van der Waals surface area contributed by atoms with Crippen molar-refractivity contribution in [2.24, 2.45) is 0 Å². The van der Waals surface area contributed by atoms with Crippen LogP contribution in [0.1, 0.15) is 24.8 Å². The Morgan fingerprint density at radius 1 is 1.55 bits per heavy atom. The van der Waals surface area contributed by atoms with E-state index in [0.717, 1.165) is 25.0 Å². The maximum atomic E-state index is 11.7. The highest BCUT2D eigenvalue weighted by atomic mass is 35.5. The number of benzene rings is 1. The molecule has 110 valence electrons. The van der Waals surface area contributed by atoms with Crippen LogP contribution in [-0.4, -0.2) is 31.8 Å². The second-order valence-electron chi connectivity index (χ2n) is 4.97. The molecular formula is C15H20ClNO3. The van der Waals surface area contributed by atoms with Gasteiger partial charge in [0.05, 0.1) is 25.7 Å². The third-order valence-electron chi connectivity index (χ3n) is 3.26. The summed E-state index contributed by atoms with van der Waals surface area (Å²) in [6.07, 6.45) is 2.68. The number of aryl methyl sites for hydroxylation is 1. The van der Waals surface area contributed by atoms with Gasteiger partial charge in [-0.05, 0) is 37.5 Å². The molecule has 1 aromatic carbocycles. The molecule has 1 aromatic rings. The van der Waals surface area contributed by atoms with Gasteiger partial charge < -0.3 is 14.8 Å². The molecule has 4 nitrogen and oxygen atoms in total. The van der Waals surface area contributed by atoms with Crippen molar-refractivity contribution in [3.05, 3.63) is 28.8 Å².